The van der Waals surface area contributed by atoms with Gasteiger partial charge in [-0.05, 0) is 43.0 Å². The molecule has 0 spiro atoms. The molecule has 8 heteroatoms. The number of amides is 3. The zero-order chi connectivity index (χ0) is 19.4. The second-order valence-electron chi connectivity index (χ2n) is 6.60. The molecule has 27 heavy (non-hydrogen) atoms. The van der Waals surface area contributed by atoms with Crippen molar-refractivity contribution in [2.45, 2.75) is 44.7 Å². The van der Waals surface area contributed by atoms with Gasteiger partial charge in [-0.1, -0.05) is 0 Å². The molecule has 1 aromatic carbocycles. The lowest BCUT2D eigenvalue weighted by atomic mass is 10.0. The van der Waals surface area contributed by atoms with E-state index in [4.69, 9.17) is 4.74 Å². The number of benzene rings is 1. The number of rotatable bonds is 7. The van der Waals surface area contributed by atoms with Crippen molar-refractivity contribution in [2.24, 2.45) is 0 Å². The lowest BCUT2D eigenvalue weighted by Crippen LogP contribution is -2.52. The SMILES string of the molecule is COC(=O)CCCCOc1ccc2c(c1)CN(C1CCC(=O)NC1=O)C2=O. The number of unbranched alkanes of at least 4 members (excludes halogenated alkanes) is 1. The number of piperidine rings is 1. The Morgan fingerprint density at radius 2 is 2.07 bits per heavy atom. The number of ether oxygens (including phenoxy) is 2. The molecule has 0 aromatic heterocycles. The Hall–Kier alpha value is -2.90. The Kier molecular flexibility index (Phi) is 5.73. The van der Waals surface area contributed by atoms with Crippen LogP contribution < -0.4 is 10.1 Å². The molecule has 2 aliphatic rings. The van der Waals surface area contributed by atoms with E-state index in [1.54, 1.807) is 18.2 Å². The second-order valence-corrected chi connectivity index (χ2v) is 6.60. The van der Waals surface area contributed by atoms with Gasteiger partial charge in [0.2, 0.25) is 11.8 Å². The topological polar surface area (TPSA) is 102 Å². The van der Waals surface area contributed by atoms with E-state index in [0.717, 1.165) is 5.56 Å². The molecule has 0 bridgehead atoms. The van der Waals surface area contributed by atoms with E-state index in [9.17, 15) is 19.2 Å². The number of methoxy groups -OCH3 is 1. The molecule has 1 unspecified atom stereocenters. The average molecular weight is 374 g/mol. The third-order valence-corrected chi connectivity index (χ3v) is 4.77. The first-order valence-electron chi connectivity index (χ1n) is 8.97. The van der Waals surface area contributed by atoms with Crippen LogP contribution in [0.15, 0.2) is 18.2 Å². The summed E-state index contributed by atoms with van der Waals surface area (Å²) in [5.74, 6) is -0.522. The number of esters is 1. The van der Waals surface area contributed by atoms with Crippen molar-refractivity contribution in [1.82, 2.24) is 10.2 Å². The predicted octanol–water partition coefficient (Wildman–Crippen LogP) is 1.17. The van der Waals surface area contributed by atoms with Gasteiger partial charge in [-0.3, -0.25) is 24.5 Å². The fraction of sp³-hybridized carbons (Fsp3) is 0.474. The molecule has 0 aliphatic carbocycles. The summed E-state index contributed by atoms with van der Waals surface area (Å²) < 4.78 is 10.3. The molecule has 3 amide bonds. The van der Waals surface area contributed by atoms with Gasteiger partial charge in [-0.2, -0.15) is 0 Å². The number of carbonyl (C=O) groups is 4. The van der Waals surface area contributed by atoms with Crippen LogP contribution in [0.3, 0.4) is 0 Å². The number of imide groups is 1. The van der Waals surface area contributed by atoms with Gasteiger partial charge >= 0.3 is 5.97 Å². The van der Waals surface area contributed by atoms with Crippen molar-refractivity contribution in [1.29, 1.82) is 0 Å². The minimum absolute atomic E-state index is 0.205. The molecular formula is C19H22N2O6. The van der Waals surface area contributed by atoms with Crippen molar-refractivity contribution in [3.05, 3.63) is 29.3 Å². The van der Waals surface area contributed by atoms with Crippen LogP contribution in [0.4, 0.5) is 0 Å². The number of hydrogen-bond acceptors (Lipinski definition) is 6. The largest absolute Gasteiger partial charge is 0.494 e. The number of nitrogens with one attached hydrogen (secondary N) is 1. The summed E-state index contributed by atoms with van der Waals surface area (Å²) in [5, 5.41) is 2.29. The van der Waals surface area contributed by atoms with Crippen LogP contribution in [-0.2, 0) is 25.7 Å². The average Bonchev–Trinajstić information content (AvgIpc) is 2.97. The summed E-state index contributed by atoms with van der Waals surface area (Å²) in [4.78, 5) is 48.5. The summed E-state index contributed by atoms with van der Waals surface area (Å²) in [6, 6.07) is 4.61. The maximum Gasteiger partial charge on any atom is 0.305 e. The van der Waals surface area contributed by atoms with Crippen molar-refractivity contribution >= 4 is 23.7 Å². The monoisotopic (exact) mass is 374 g/mol. The molecule has 2 aliphatic heterocycles. The first-order valence-corrected chi connectivity index (χ1v) is 8.97. The maximum atomic E-state index is 12.6. The highest BCUT2D eigenvalue weighted by atomic mass is 16.5. The van der Waals surface area contributed by atoms with E-state index in [0.29, 0.717) is 50.1 Å². The van der Waals surface area contributed by atoms with Crippen LogP contribution in [0.1, 0.15) is 48.0 Å². The minimum atomic E-state index is -0.620. The van der Waals surface area contributed by atoms with E-state index in [-0.39, 0.29) is 24.2 Å². The van der Waals surface area contributed by atoms with Gasteiger partial charge in [0.25, 0.3) is 5.91 Å². The summed E-state index contributed by atoms with van der Waals surface area (Å²) in [7, 11) is 1.36. The predicted molar refractivity (Wildman–Crippen MR) is 93.8 cm³/mol. The van der Waals surface area contributed by atoms with Crippen LogP contribution in [0, 0.1) is 0 Å². The molecule has 2 heterocycles. The highest BCUT2D eigenvalue weighted by Gasteiger charge is 2.39. The molecular weight excluding hydrogens is 352 g/mol. The standard InChI is InChI=1S/C19H22N2O6/c1-26-17(23)4-2-3-9-27-13-5-6-14-12(10-13)11-21(19(14)25)15-7-8-16(22)20-18(15)24/h5-6,10,15H,2-4,7-9,11H2,1H3,(H,20,22,24). The Balaban J connectivity index is 1.56. The zero-order valence-electron chi connectivity index (χ0n) is 15.2. The molecule has 1 N–H and O–H groups in total. The third-order valence-electron chi connectivity index (χ3n) is 4.77. The van der Waals surface area contributed by atoms with Crippen molar-refractivity contribution in [3.63, 3.8) is 0 Å². The molecule has 144 valence electrons. The molecule has 1 atom stereocenters. The molecule has 1 aromatic rings. The van der Waals surface area contributed by atoms with Crippen LogP contribution >= 0.6 is 0 Å². The zero-order valence-corrected chi connectivity index (χ0v) is 15.2. The molecule has 1 saturated heterocycles. The third kappa shape index (κ3) is 4.27. The van der Waals surface area contributed by atoms with Gasteiger partial charge in [0, 0.05) is 24.9 Å². The van der Waals surface area contributed by atoms with Gasteiger partial charge < -0.3 is 14.4 Å². The van der Waals surface area contributed by atoms with Crippen LogP contribution in [0.25, 0.3) is 0 Å². The van der Waals surface area contributed by atoms with E-state index < -0.39 is 11.9 Å². The highest BCUT2D eigenvalue weighted by Crippen LogP contribution is 2.30. The first-order chi connectivity index (χ1) is 13.0. The minimum Gasteiger partial charge on any atom is -0.494 e. The Morgan fingerprint density at radius 1 is 1.26 bits per heavy atom. The van der Waals surface area contributed by atoms with E-state index in [2.05, 4.69) is 10.1 Å². The van der Waals surface area contributed by atoms with Crippen LogP contribution in [0.5, 0.6) is 5.75 Å². The van der Waals surface area contributed by atoms with Crippen LogP contribution in [0.2, 0.25) is 0 Å². The van der Waals surface area contributed by atoms with E-state index in [1.165, 1.54) is 12.0 Å². The van der Waals surface area contributed by atoms with E-state index in [1.807, 2.05) is 0 Å². The summed E-state index contributed by atoms with van der Waals surface area (Å²) in [6.07, 6.45) is 2.33. The van der Waals surface area contributed by atoms with Gasteiger partial charge in [-0.25, -0.2) is 0 Å². The van der Waals surface area contributed by atoms with Gasteiger partial charge in [0.1, 0.15) is 11.8 Å². The summed E-state index contributed by atoms with van der Waals surface area (Å²) >= 11 is 0. The lowest BCUT2D eigenvalue weighted by molar-refractivity contribution is -0.141. The van der Waals surface area contributed by atoms with Crippen molar-refractivity contribution < 1.29 is 28.7 Å². The van der Waals surface area contributed by atoms with Crippen molar-refractivity contribution in [2.75, 3.05) is 13.7 Å². The quantitative estimate of drug-likeness (QED) is 0.437. The van der Waals surface area contributed by atoms with Crippen molar-refractivity contribution in [3.8, 4) is 5.75 Å². The first kappa shape index (κ1) is 18.9. The number of hydrogen-bond donors (Lipinski definition) is 1. The summed E-state index contributed by atoms with van der Waals surface area (Å²) in [6.45, 7) is 0.778. The Bertz CT molecular complexity index is 775. The number of nitrogens with zero attached hydrogens (tertiary/aromatic N) is 1. The number of carbonyl (C=O) groups excluding carboxylic acids is 4. The molecule has 3 rings (SSSR count). The maximum absolute atomic E-state index is 12.6. The molecule has 8 nitrogen and oxygen atoms in total. The normalized spacial score (nSPS) is 18.9. The van der Waals surface area contributed by atoms with E-state index >= 15 is 0 Å². The molecule has 0 saturated carbocycles. The van der Waals surface area contributed by atoms with Crippen LogP contribution in [-0.4, -0.2) is 48.3 Å². The second kappa shape index (κ2) is 8.20. The fourth-order valence-corrected chi connectivity index (χ4v) is 3.30. The molecule has 1 fully saturated rings. The Labute approximate surface area is 156 Å². The smallest absolute Gasteiger partial charge is 0.305 e. The fourth-order valence-electron chi connectivity index (χ4n) is 3.30. The van der Waals surface area contributed by atoms with Gasteiger partial charge in [0.05, 0.1) is 13.7 Å². The lowest BCUT2D eigenvalue weighted by Gasteiger charge is -2.29. The molecule has 0 radical (unpaired) electrons. The summed E-state index contributed by atoms with van der Waals surface area (Å²) in [5.41, 5.74) is 1.36. The Morgan fingerprint density at radius 3 is 2.81 bits per heavy atom. The van der Waals surface area contributed by atoms with Gasteiger partial charge in [0.15, 0.2) is 0 Å². The number of fused-ring (bicyclic) bond motifs is 1. The van der Waals surface area contributed by atoms with Gasteiger partial charge in [-0.15, -0.1) is 0 Å². The highest BCUT2D eigenvalue weighted by molar-refractivity contribution is 6.05.